The number of fused-ring (bicyclic) bond motifs is 1. The van der Waals surface area contributed by atoms with Crippen molar-refractivity contribution in [2.75, 3.05) is 19.6 Å². The normalized spacial score (nSPS) is 19.7. The van der Waals surface area contributed by atoms with Gasteiger partial charge in [0.15, 0.2) is 0 Å². The first-order chi connectivity index (χ1) is 15.1. The third-order valence-electron chi connectivity index (χ3n) is 7.20. The van der Waals surface area contributed by atoms with Gasteiger partial charge in [0.1, 0.15) is 0 Å². The van der Waals surface area contributed by atoms with Crippen LogP contribution in [-0.4, -0.2) is 40.3 Å². The summed E-state index contributed by atoms with van der Waals surface area (Å²) in [5.74, 6) is 0.313. The molecule has 0 N–H and O–H groups in total. The fourth-order valence-corrected chi connectivity index (χ4v) is 5.76. The summed E-state index contributed by atoms with van der Waals surface area (Å²) >= 11 is 1.68. The molecule has 6 heteroatoms. The average Bonchev–Trinajstić information content (AvgIpc) is 3.40. The van der Waals surface area contributed by atoms with Crippen molar-refractivity contribution in [3.05, 3.63) is 64.7 Å². The highest BCUT2D eigenvalue weighted by Gasteiger charge is 2.48. The van der Waals surface area contributed by atoms with Gasteiger partial charge in [0.05, 0.1) is 32.8 Å². The lowest BCUT2D eigenvalue weighted by Crippen LogP contribution is -2.45. The molecule has 0 saturated carbocycles. The molecular formula is C25H26N4OS. The molecule has 5 nitrogen and oxygen atoms in total. The minimum absolute atomic E-state index is 0.193. The van der Waals surface area contributed by atoms with Crippen molar-refractivity contribution in [2.45, 2.75) is 38.8 Å². The summed E-state index contributed by atoms with van der Waals surface area (Å²) in [7, 11) is 0. The number of benzene rings is 2. The monoisotopic (exact) mass is 430 g/mol. The summed E-state index contributed by atoms with van der Waals surface area (Å²) in [6.45, 7) is 5.63. The summed E-state index contributed by atoms with van der Waals surface area (Å²) < 4.78 is 1.23. The van der Waals surface area contributed by atoms with Gasteiger partial charge in [-0.1, -0.05) is 18.2 Å². The predicted molar refractivity (Wildman–Crippen MR) is 122 cm³/mol. The molecule has 5 rings (SSSR count). The van der Waals surface area contributed by atoms with Crippen molar-refractivity contribution in [3.63, 3.8) is 0 Å². The maximum absolute atomic E-state index is 13.3. The van der Waals surface area contributed by atoms with Crippen molar-refractivity contribution < 1.29 is 4.79 Å². The number of nitrogens with zero attached hydrogens (tertiary/aromatic N) is 4. The number of aromatic nitrogens is 1. The van der Waals surface area contributed by atoms with Crippen LogP contribution >= 0.6 is 11.3 Å². The first-order valence-electron chi connectivity index (χ1n) is 10.9. The Kier molecular flexibility index (Phi) is 5.25. The number of carbonyl (C=O) groups excluding carboxylic acids is 1. The Bertz CT molecular complexity index is 1140. The van der Waals surface area contributed by atoms with Crippen LogP contribution in [0, 0.1) is 16.7 Å². The highest BCUT2D eigenvalue weighted by atomic mass is 32.1. The molecule has 2 aromatic carbocycles. The molecule has 0 bridgehead atoms. The topological polar surface area (TPSA) is 60.2 Å². The molecule has 1 spiro atoms. The number of thiazole rings is 1. The number of piperidine rings is 1. The molecule has 2 aliphatic rings. The lowest BCUT2D eigenvalue weighted by Gasteiger charge is -2.40. The molecule has 2 fully saturated rings. The molecule has 31 heavy (non-hydrogen) atoms. The van der Waals surface area contributed by atoms with Crippen LogP contribution in [0.25, 0.3) is 10.2 Å². The summed E-state index contributed by atoms with van der Waals surface area (Å²) in [4.78, 5) is 22.3. The first-order valence-corrected chi connectivity index (χ1v) is 11.8. The highest BCUT2D eigenvalue weighted by Crippen LogP contribution is 2.43. The summed E-state index contributed by atoms with van der Waals surface area (Å²) in [6.07, 6.45) is 2.81. The summed E-state index contributed by atoms with van der Waals surface area (Å²) in [5.41, 5.74) is 5.83. The third kappa shape index (κ3) is 3.73. The zero-order valence-corrected chi connectivity index (χ0v) is 18.6. The zero-order chi connectivity index (χ0) is 21.4. The van der Waals surface area contributed by atoms with Gasteiger partial charge in [-0.3, -0.25) is 9.69 Å². The van der Waals surface area contributed by atoms with Crippen molar-refractivity contribution in [1.82, 2.24) is 14.8 Å². The van der Waals surface area contributed by atoms with E-state index in [1.54, 1.807) is 11.3 Å². The molecule has 3 heterocycles. The second kappa shape index (κ2) is 8.07. The van der Waals surface area contributed by atoms with Crippen LogP contribution < -0.4 is 0 Å². The second-order valence-corrected chi connectivity index (χ2v) is 9.74. The fraction of sp³-hybridized carbons (Fsp3) is 0.400. The molecule has 1 amide bonds. The molecule has 2 saturated heterocycles. The van der Waals surface area contributed by atoms with Crippen molar-refractivity contribution in [1.29, 1.82) is 5.26 Å². The van der Waals surface area contributed by atoms with Crippen LogP contribution in [0.15, 0.2) is 48.0 Å². The van der Waals surface area contributed by atoms with Gasteiger partial charge < -0.3 is 4.90 Å². The maximum Gasteiger partial charge on any atom is 0.229 e. The van der Waals surface area contributed by atoms with Crippen molar-refractivity contribution in [2.24, 2.45) is 5.41 Å². The van der Waals surface area contributed by atoms with Gasteiger partial charge in [-0.15, -0.1) is 11.3 Å². The minimum Gasteiger partial charge on any atom is -0.338 e. The third-order valence-corrected chi connectivity index (χ3v) is 8.01. The first kappa shape index (κ1) is 20.2. The van der Waals surface area contributed by atoms with Gasteiger partial charge in [-0.2, -0.15) is 5.26 Å². The molecule has 3 aromatic rings. The summed E-state index contributed by atoms with van der Waals surface area (Å²) in [5, 5.41) is 8.97. The van der Waals surface area contributed by atoms with Gasteiger partial charge >= 0.3 is 0 Å². The Balaban J connectivity index is 1.22. The fourth-order valence-electron chi connectivity index (χ4n) is 5.10. The van der Waals surface area contributed by atoms with Crippen LogP contribution in [-0.2, 0) is 11.3 Å². The number of amides is 1. The molecular weight excluding hydrogens is 404 g/mol. The number of rotatable bonds is 4. The lowest BCUT2D eigenvalue weighted by atomic mass is 9.76. The van der Waals surface area contributed by atoms with Crippen LogP contribution in [0.3, 0.4) is 0 Å². The SMILES string of the molecule is CC(c1ccc2scnc2c1)N1CCC2(CCN(Cc3ccc(C#N)cc3)C2=O)CC1. The van der Waals surface area contributed by atoms with Crippen molar-refractivity contribution >= 4 is 27.5 Å². The number of likely N-dealkylation sites (tertiary alicyclic amines) is 2. The number of hydrogen-bond acceptors (Lipinski definition) is 5. The quantitative estimate of drug-likeness (QED) is 0.600. The van der Waals surface area contributed by atoms with Crippen LogP contribution in [0.4, 0.5) is 0 Å². The minimum atomic E-state index is -0.193. The largest absolute Gasteiger partial charge is 0.338 e. The molecule has 1 atom stereocenters. The van der Waals surface area contributed by atoms with E-state index in [9.17, 15) is 4.79 Å². The van der Waals surface area contributed by atoms with Gasteiger partial charge in [-0.25, -0.2) is 4.98 Å². The lowest BCUT2D eigenvalue weighted by molar-refractivity contribution is -0.139. The van der Waals surface area contributed by atoms with E-state index in [1.165, 1.54) is 10.3 Å². The zero-order valence-electron chi connectivity index (χ0n) is 17.8. The van der Waals surface area contributed by atoms with Gasteiger partial charge in [0.25, 0.3) is 0 Å². The van der Waals surface area contributed by atoms with E-state index in [0.717, 1.165) is 50.0 Å². The predicted octanol–water partition coefficient (Wildman–Crippen LogP) is 4.74. The van der Waals surface area contributed by atoms with E-state index >= 15 is 0 Å². The molecule has 0 aliphatic carbocycles. The second-order valence-electron chi connectivity index (χ2n) is 8.86. The van der Waals surface area contributed by atoms with E-state index in [0.29, 0.717) is 24.1 Å². The standard InChI is InChI=1S/C25H26N4OS/c1-18(21-6-7-23-22(14-21)27-17-31-23)28-11-8-25(9-12-28)10-13-29(24(25)30)16-20-4-2-19(15-26)3-5-20/h2-7,14,17-18H,8-13,16H2,1H3. The van der Waals surface area contributed by atoms with E-state index < -0.39 is 0 Å². The highest BCUT2D eigenvalue weighted by molar-refractivity contribution is 7.16. The van der Waals surface area contributed by atoms with Gasteiger partial charge in [0, 0.05) is 19.1 Å². The number of hydrogen-bond donors (Lipinski definition) is 0. The maximum atomic E-state index is 13.3. The number of nitriles is 1. The molecule has 1 unspecified atom stereocenters. The number of carbonyl (C=O) groups is 1. The van der Waals surface area contributed by atoms with Gasteiger partial charge in [-0.05, 0) is 74.7 Å². The van der Waals surface area contributed by atoms with E-state index in [1.807, 2.05) is 34.7 Å². The average molecular weight is 431 g/mol. The Morgan fingerprint density at radius 3 is 2.61 bits per heavy atom. The molecule has 0 radical (unpaired) electrons. The van der Waals surface area contributed by atoms with Crippen molar-refractivity contribution in [3.8, 4) is 6.07 Å². The smallest absolute Gasteiger partial charge is 0.229 e. The molecule has 2 aliphatic heterocycles. The van der Waals surface area contributed by atoms with Crippen LogP contribution in [0.1, 0.15) is 48.9 Å². The van der Waals surface area contributed by atoms with E-state index in [2.05, 4.69) is 41.1 Å². The van der Waals surface area contributed by atoms with Crippen LogP contribution in [0.5, 0.6) is 0 Å². The van der Waals surface area contributed by atoms with E-state index in [4.69, 9.17) is 5.26 Å². The van der Waals surface area contributed by atoms with Crippen LogP contribution in [0.2, 0.25) is 0 Å². The molecule has 158 valence electrons. The Labute approximate surface area is 186 Å². The Morgan fingerprint density at radius 1 is 1.13 bits per heavy atom. The summed E-state index contributed by atoms with van der Waals surface area (Å²) in [6, 6.07) is 16.6. The van der Waals surface area contributed by atoms with E-state index in [-0.39, 0.29) is 5.41 Å². The Morgan fingerprint density at radius 2 is 1.87 bits per heavy atom. The van der Waals surface area contributed by atoms with Gasteiger partial charge in [0.2, 0.25) is 5.91 Å². The molecule has 1 aromatic heterocycles. The Hall–Kier alpha value is -2.75.